The normalized spacial score (nSPS) is 25.2. The van der Waals surface area contributed by atoms with Crippen molar-refractivity contribution in [3.05, 3.63) is 35.6 Å². The van der Waals surface area contributed by atoms with Crippen LogP contribution >= 0.6 is 12.4 Å². The first-order valence-corrected chi connectivity index (χ1v) is 8.96. The second-order valence-corrected chi connectivity index (χ2v) is 7.15. The second-order valence-electron chi connectivity index (χ2n) is 7.15. The summed E-state index contributed by atoms with van der Waals surface area (Å²) in [7, 11) is 0. The van der Waals surface area contributed by atoms with Gasteiger partial charge in [0.1, 0.15) is 5.82 Å². The largest absolute Gasteiger partial charge is 0.381 e. The van der Waals surface area contributed by atoms with E-state index in [4.69, 9.17) is 10.5 Å². The smallest absolute Gasteiger partial charge is 0.223 e. The molecule has 1 aliphatic carbocycles. The van der Waals surface area contributed by atoms with Gasteiger partial charge in [-0.25, -0.2) is 4.39 Å². The number of carbonyl (C=O) groups is 1. The van der Waals surface area contributed by atoms with Gasteiger partial charge in [0.2, 0.25) is 5.91 Å². The van der Waals surface area contributed by atoms with Crippen molar-refractivity contribution in [2.75, 3.05) is 26.3 Å². The molecule has 2 aliphatic rings. The molecule has 2 fully saturated rings. The molecule has 1 saturated heterocycles. The van der Waals surface area contributed by atoms with Gasteiger partial charge in [-0.15, -0.1) is 12.4 Å². The van der Waals surface area contributed by atoms with Crippen LogP contribution in [0.1, 0.15) is 37.7 Å². The van der Waals surface area contributed by atoms with E-state index in [1.54, 1.807) is 0 Å². The fourth-order valence-corrected chi connectivity index (χ4v) is 4.18. The third-order valence-electron chi connectivity index (χ3n) is 5.81. The van der Waals surface area contributed by atoms with Gasteiger partial charge in [0.15, 0.2) is 0 Å². The number of nitrogens with one attached hydrogen (secondary N) is 1. The van der Waals surface area contributed by atoms with Gasteiger partial charge >= 0.3 is 0 Å². The predicted molar refractivity (Wildman–Crippen MR) is 98.3 cm³/mol. The van der Waals surface area contributed by atoms with E-state index in [1.807, 2.05) is 12.1 Å². The SMILES string of the molecule is Cl.NC[C@H]1CCC[C@H]1C(=O)NCC1(c2ccc(F)cc2)CCOCC1. The lowest BCUT2D eigenvalue weighted by Crippen LogP contribution is -2.46. The zero-order valence-electron chi connectivity index (χ0n) is 14.5. The van der Waals surface area contributed by atoms with E-state index < -0.39 is 0 Å². The van der Waals surface area contributed by atoms with E-state index in [-0.39, 0.29) is 35.5 Å². The van der Waals surface area contributed by atoms with Crippen molar-refractivity contribution in [3.63, 3.8) is 0 Å². The molecule has 0 bridgehead atoms. The Balaban J connectivity index is 0.00000225. The molecule has 0 unspecified atom stereocenters. The van der Waals surface area contributed by atoms with E-state index in [9.17, 15) is 9.18 Å². The number of benzene rings is 1. The average Bonchev–Trinajstić information content (AvgIpc) is 3.10. The van der Waals surface area contributed by atoms with Gasteiger partial charge in [-0.3, -0.25) is 4.79 Å². The summed E-state index contributed by atoms with van der Waals surface area (Å²) in [5, 5.41) is 3.17. The number of hydrogen-bond acceptors (Lipinski definition) is 3. The van der Waals surface area contributed by atoms with Crippen LogP contribution < -0.4 is 11.1 Å². The molecule has 3 rings (SSSR count). The summed E-state index contributed by atoms with van der Waals surface area (Å²) in [5.74, 6) is 0.235. The lowest BCUT2D eigenvalue weighted by atomic mass is 9.74. The van der Waals surface area contributed by atoms with Crippen LogP contribution in [0, 0.1) is 17.7 Å². The molecule has 1 saturated carbocycles. The molecule has 0 radical (unpaired) electrons. The van der Waals surface area contributed by atoms with Gasteiger partial charge in [-0.2, -0.15) is 0 Å². The first kappa shape index (κ1) is 20.1. The highest BCUT2D eigenvalue weighted by Gasteiger charge is 2.37. The maximum atomic E-state index is 13.3. The zero-order chi connectivity index (χ0) is 17.0. The number of carbonyl (C=O) groups excluding carboxylic acids is 1. The summed E-state index contributed by atoms with van der Waals surface area (Å²) in [5.41, 5.74) is 6.71. The van der Waals surface area contributed by atoms with E-state index in [0.29, 0.717) is 32.2 Å². The van der Waals surface area contributed by atoms with Crippen LogP contribution in [0.15, 0.2) is 24.3 Å². The number of amides is 1. The maximum absolute atomic E-state index is 13.3. The predicted octanol–water partition coefficient (Wildman–Crippen LogP) is 2.79. The molecular formula is C19H28ClFN2O2. The fourth-order valence-electron chi connectivity index (χ4n) is 4.18. The maximum Gasteiger partial charge on any atom is 0.223 e. The molecule has 1 aliphatic heterocycles. The van der Waals surface area contributed by atoms with E-state index in [1.165, 1.54) is 12.1 Å². The van der Waals surface area contributed by atoms with Gasteiger partial charge in [-0.05, 0) is 55.8 Å². The number of nitrogens with two attached hydrogens (primary N) is 1. The lowest BCUT2D eigenvalue weighted by Gasteiger charge is -2.38. The standard InChI is InChI=1S/C19H27FN2O2.ClH/c20-16-6-4-15(5-7-16)19(8-10-24-11-9-19)13-22-18(23)17-3-1-2-14(17)12-21;/h4-7,14,17H,1-3,8-13,21H2,(H,22,23);1H/t14-,17-;/m1./s1. The van der Waals surface area contributed by atoms with Crippen molar-refractivity contribution >= 4 is 18.3 Å². The van der Waals surface area contributed by atoms with Gasteiger partial charge in [0, 0.05) is 31.1 Å². The van der Waals surface area contributed by atoms with Crippen molar-refractivity contribution in [1.82, 2.24) is 5.32 Å². The highest BCUT2D eigenvalue weighted by Crippen LogP contribution is 2.35. The zero-order valence-corrected chi connectivity index (χ0v) is 15.3. The number of hydrogen-bond donors (Lipinski definition) is 2. The first-order valence-electron chi connectivity index (χ1n) is 8.96. The summed E-state index contributed by atoms with van der Waals surface area (Å²) in [6, 6.07) is 6.67. The molecule has 25 heavy (non-hydrogen) atoms. The molecule has 1 aromatic carbocycles. The van der Waals surface area contributed by atoms with Crippen molar-refractivity contribution in [1.29, 1.82) is 0 Å². The van der Waals surface area contributed by atoms with Gasteiger partial charge in [0.25, 0.3) is 0 Å². The Labute approximate surface area is 155 Å². The minimum atomic E-state index is -0.235. The lowest BCUT2D eigenvalue weighted by molar-refractivity contribution is -0.126. The van der Waals surface area contributed by atoms with Crippen molar-refractivity contribution in [2.24, 2.45) is 17.6 Å². The van der Waals surface area contributed by atoms with Gasteiger partial charge in [-0.1, -0.05) is 18.6 Å². The summed E-state index contributed by atoms with van der Waals surface area (Å²) < 4.78 is 18.8. The Morgan fingerprint density at radius 3 is 2.56 bits per heavy atom. The minimum Gasteiger partial charge on any atom is -0.381 e. The molecular weight excluding hydrogens is 343 g/mol. The van der Waals surface area contributed by atoms with E-state index in [2.05, 4.69) is 5.32 Å². The quantitative estimate of drug-likeness (QED) is 0.837. The molecule has 4 nitrogen and oxygen atoms in total. The summed E-state index contributed by atoms with van der Waals surface area (Å²) >= 11 is 0. The molecule has 1 heterocycles. The monoisotopic (exact) mass is 370 g/mol. The Hall–Kier alpha value is -1.17. The van der Waals surface area contributed by atoms with Gasteiger partial charge < -0.3 is 15.8 Å². The second kappa shape index (κ2) is 8.97. The molecule has 3 N–H and O–H groups in total. The van der Waals surface area contributed by atoms with Crippen LogP contribution in [-0.4, -0.2) is 32.2 Å². The van der Waals surface area contributed by atoms with Gasteiger partial charge in [0.05, 0.1) is 0 Å². The molecule has 0 aromatic heterocycles. The Morgan fingerprint density at radius 1 is 1.24 bits per heavy atom. The molecule has 0 spiro atoms. The van der Waals surface area contributed by atoms with Crippen molar-refractivity contribution < 1.29 is 13.9 Å². The van der Waals surface area contributed by atoms with E-state index >= 15 is 0 Å². The Bertz CT molecular complexity index is 561. The van der Waals surface area contributed by atoms with Crippen molar-refractivity contribution in [3.8, 4) is 0 Å². The van der Waals surface area contributed by atoms with Crippen LogP contribution in [0.2, 0.25) is 0 Å². The number of rotatable bonds is 5. The van der Waals surface area contributed by atoms with Crippen LogP contribution in [0.5, 0.6) is 0 Å². The van der Waals surface area contributed by atoms with Crippen LogP contribution in [0.3, 0.4) is 0 Å². The highest BCUT2D eigenvalue weighted by molar-refractivity contribution is 5.85. The third kappa shape index (κ3) is 4.52. The summed E-state index contributed by atoms with van der Waals surface area (Å²) in [6.45, 7) is 2.49. The minimum absolute atomic E-state index is 0. The number of ether oxygens (including phenoxy) is 1. The van der Waals surface area contributed by atoms with Crippen LogP contribution in [-0.2, 0) is 14.9 Å². The fraction of sp³-hybridized carbons (Fsp3) is 0.632. The average molecular weight is 371 g/mol. The topological polar surface area (TPSA) is 64.4 Å². The first-order chi connectivity index (χ1) is 11.6. The molecule has 1 amide bonds. The third-order valence-corrected chi connectivity index (χ3v) is 5.81. The van der Waals surface area contributed by atoms with Crippen LogP contribution in [0.25, 0.3) is 0 Å². The Morgan fingerprint density at radius 2 is 1.92 bits per heavy atom. The van der Waals surface area contributed by atoms with Crippen LogP contribution in [0.4, 0.5) is 4.39 Å². The highest BCUT2D eigenvalue weighted by atomic mass is 35.5. The van der Waals surface area contributed by atoms with E-state index in [0.717, 1.165) is 37.7 Å². The molecule has 140 valence electrons. The molecule has 2 atom stereocenters. The van der Waals surface area contributed by atoms with Crippen molar-refractivity contribution in [2.45, 2.75) is 37.5 Å². The molecule has 6 heteroatoms. The summed E-state index contributed by atoms with van der Waals surface area (Å²) in [6.07, 6.45) is 4.73. The Kier molecular flexibility index (Phi) is 7.23. The summed E-state index contributed by atoms with van der Waals surface area (Å²) in [4.78, 5) is 12.6. The molecule has 1 aromatic rings. The number of halogens is 2.